The Labute approximate surface area is 481 Å². The molecule has 0 bridgehead atoms. The molecular formula is C69H124NO8+. The van der Waals surface area contributed by atoms with Gasteiger partial charge in [-0.25, -0.2) is 4.79 Å². The highest BCUT2D eigenvalue weighted by molar-refractivity contribution is 5.71. The summed E-state index contributed by atoms with van der Waals surface area (Å²) in [5.74, 6) is -2.03. The van der Waals surface area contributed by atoms with E-state index >= 15 is 0 Å². The first kappa shape index (κ1) is 74.7. The Morgan fingerprint density at radius 3 is 1.09 bits per heavy atom. The summed E-state index contributed by atoms with van der Waals surface area (Å²) in [6.45, 7) is 4.77. The van der Waals surface area contributed by atoms with Gasteiger partial charge in [0.05, 0.1) is 34.4 Å². The first-order valence-electron chi connectivity index (χ1n) is 32.6. The summed E-state index contributed by atoms with van der Waals surface area (Å²) < 4.78 is 22.9. The van der Waals surface area contributed by atoms with Gasteiger partial charge in [-0.1, -0.05) is 286 Å². The van der Waals surface area contributed by atoms with Crippen LogP contribution in [0, 0.1) is 0 Å². The van der Waals surface area contributed by atoms with Gasteiger partial charge in [0.15, 0.2) is 6.10 Å². The number of rotatable bonds is 60. The first-order valence-corrected chi connectivity index (χ1v) is 32.6. The number of aliphatic carboxylic acids is 1. The molecule has 9 nitrogen and oxygen atoms in total. The molecule has 0 aliphatic heterocycles. The molecule has 0 rings (SSSR count). The fourth-order valence-corrected chi connectivity index (χ4v) is 9.26. The van der Waals surface area contributed by atoms with Crippen molar-refractivity contribution in [2.45, 2.75) is 302 Å². The average Bonchev–Trinajstić information content (AvgIpc) is 3.41. The Balaban J connectivity index is 4.16. The van der Waals surface area contributed by atoms with E-state index in [1.54, 1.807) is 0 Å². The van der Waals surface area contributed by atoms with Crippen LogP contribution in [0.1, 0.15) is 290 Å². The van der Waals surface area contributed by atoms with Gasteiger partial charge in [0, 0.05) is 12.8 Å². The van der Waals surface area contributed by atoms with Gasteiger partial charge in [0.2, 0.25) is 0 Å². The van der Waals surface area contributed by atoms with E-state index in [0.717, 1.165) is 83.5 Å². The molecule has 0 saturated carbocycles. The Kier molecular flexibility index (Phi) is 57.3. The Bertz CT molecular complexity index is 1510. The lowest BCUT2D eigenvalue weighted by Gasteiger charge is -2.25. The maximum atomic E-state index is 12.9. The highest BCUT2D eigenvalue weighted by Gasteiger charge is 2.25. The zero-order valence-corrected chi connectivity index (χ0v) is 51.6. The third-order valence-electron chi connectivity index (χ3n) is 14.2. The fourth-order valence-electron chi connectivity index (χ4n) is 9.26. The minimum absolute atomic E-state index is 0.180. The molecule has 2 atom stereocenters. The smallest absolute Gasteiger partial charge is 0.361 e. The van der Waals surface area contributed by atoms with E-state index in [9.17, 15) is 19.5 Å². The molecule has 2 unspecified atom stereocenters. The van der Waals surface area contributed by atoms with Gasteiger partial charge in [0.25, 0.3) is 6.29 Å². The van der Waals surface area contributed by atoms with Crippen LogP contribution >= 0.6 is 0 Å². The Hall–Kier alpha value is -3.27. The van der Waals surface area contributed by atoms with Crippen LogP contribution in [0.5, 0.6) is 0 Å². The molecular weight excluding hydrogens is 971 g/mol. The topological polar surface area (TPSA) is 108 Å². The van der Waals surface area contributed by atoms with E-state index in [0.29, 0.717) is 23.9 Å². The van der Waals surface area contributed by atoms with Crippen molar-refractivity contribution in [1.82, 2.24) is 0 Å². The van der Waals surface area contributed by atoms with Gasteiger partial charge in [-0.15, -0.1) is 0 Å². The molecule has 0 aliphatic carbocycles. The van der Waals surface area contributed by atoms with Crippen molar-refractivity contribution in [3.05, 3.63) is 72.9 Å². The van der Waals surface area contributed by atoms with E-state index in [2.05, 4.69) is 86.8 Å². The molecule has 0 aromatic rings. The number of unbranched alkanes of at least 4 members (excludes halogenated alkanes) is 33. The molecule has 0 aromatic carbocycles. The molecule has 0 heterocycles. The van der Waals surface area contributed by atoms with Crippen LogP contribution in [0.4, 0.5) is 0 Å². The van der Waals surface area contributed by atoms with E-state index in [1.165, 1.54) is 173 Å². The summed E-state index contributed by atoms with van der Waals surface area (Å²) in [4.78, 5) is 37.5. The highest BCUT2D eigenvalue weighted by Crippen LogP contribution is 2.18. The Morgan fingerprint density at radius 2 is 0.731 bits per heavy atom. The molecule has 0 amide bonds. The predicted octanol–water partition coefficient (Wildman–Crippen LogP) is 19.7. The summed E-state index contributed by atoms with van der Waals surface area (Å²) in [7, 11) is 5.96. The minimum atomic E-state index is -1.52. The monoisotopic (exact) mass is 1090 g/mol. The molecule has 78 heavy (non-hydrogen) atoms. The molecule has 1 N–H and O–H groups in total. The number of nitrogens with zero attached hydrogens (tertiary/aromatic N) is 1. The maximum absolute atomic E-state index is 12.9. The number of hydrogen-bond acceptors (Lipinski definition) is 7. The number of esters is 2. The van der Waals surface area contributed by atoms with Crippen molar-refractivity contribution >= 4 is 17.9 Å². The summed E-state index contributed by atoms with van der Waals surface area (Å²) in [6, 6.07) is 0. The van der Waals surface area contributed by atoms with Gasteiger partial charge in [-0.3, -0.25) is 9.59 Å². The highest BCUT2D eigenvalue weighted by atomic mass is 16.7. The molecule has 0 aromatic heterocycles. The van der Waals surface area contributed by atoms with Crippen LogP contribution in [-0.4, -0.2) is 87.4 Å². The second kappa shape index (κ2) is 59.8. The molecule has 9 heteroatoms. The number of carbonyl (C=O) groups excluding carboxylic acids is 2. The van der Waals surface area contributed by atoms with E-state index < -0.39 is 24.3 Å². The number of carbonyl (C=O) groups is 3. The minimum Gasteiger partial charge on any atom is -0.477 e. The number of hydrogen-bond donors (Lipinski definition) is 1. The van der Waals surface area contributed by atoms with Crippen LogP contribution in [0.15, 0.2) is 72.9 Å². The van der Waals surface area contributed by atoms with Crippen LogP contribution < -0.4 is 0 Å². The van der Waals surface area contributed by atoms with Gasteiger partial charge in [-0.05, 0) is 64.2 Å². The summed E-state index contributed by atoms with van der Waals surface area (Å²) >= 11 is 0. The largest absolute Gasteiger partial charge is 0.477 e. The first-order chi connectivity index (χ1) is 38.1. The van der Waals surface area contributed by atoms with Crippen molar-refractivity contribution in [2.75, 3.05) is 47.5 Å². The lowest BCUT2D eigenvalue weighted by Crippen LogP contribution is -2.40. The lowest BCUT2D eigenvalue weighted by atomic mass is 10.0. The lowest BCUT2D eigenvalue weighted by molar-refractivity contribution is -0.870. The van der Waals surface area contributed by atoms with Crippen molar-refractivity contribution < 1.29 is 42.9 Å². The van der Waals surface area contributed by atoms with E-state index in [4.69, 9.17) is 18.9 Å². The van der Waals surface area contributed by atoms with Crippen LogP contribution in [0.3, 0.4) is 0 Å². The van der Waals surface area contributed by atoms with Gasteiger partial charge in [-0.2, -0.15) is 0 Å². The fraction of sp³-hybridized carbons (Fsp3) is 0.783. The van der Waals surface area contributed by atoms with E-state index in [-0.39, 0.29) is 32.2 Å². The van der Waals surface area contributed by atoms with Crippen molar-refractivity contribution in [1.29, 1.82) is 0 Å². The number of carboxylic acid groups (broad SMARTS) is 1. The molecule has 0 radical (unpaired) electrons. The number of likely N-dealkylation sites (N-methyl/N-ethyl adjacent to an activating group) is 1. The predicted molar refractivity (Wildman–Crippen MR) is 332 cm³/mol. The van der Waals surface area contributed by atoms with Crippen LogP contribution in [-0.2, 0) is 33.3 Å². The second-order valence-corrected chi connectivity index (χ2v) is 23.1. The van der Waals surface area contributed by atoms with Gasteiger partial charge < -0.3 is 28.5 Å². The summed E-state index contributed by atoms with van der Waals surface area (Å²) in [5.41, 5.74) is 0. The molecule has 0 spiro atoms. The van der Waals surface area contributed by atoms with Crippen LogP contribution in [0.25, 0.3) is 0 Å². The molecule has 0 aliphatic rings. The standard InChI is InChI=1S/C69H123NO8/c1-6-8-10-12-14-16-18-20-22-24-26-28-30-31-32-33-34-35-36-38-39-41-43-45-47-49-51-53-55-57-59-66(71)76-63-65(64-77-69(68(73)74)75-62-61-70(3,4)5)78-67(72)60-58-56-54-52-50-48-46-44-42-40-37-29-27-25-23-21-19-17-15-13-11-9-7-2/h9,11,15,17,21,23,27,29,40,42,46,48,65,69H,6-8,10,12-14,16,18-20,22,24-26,28,30-39,41,43-45,47,49-64H2,1-5H3/p+1/b11-9-,17-15-,23-21-,29-27-,42-40-,48-46-. The molecule has 452 valence electrons. The number of carboxylic acids is 1. The maximum Gasteiger partial charge on any atom is 0.361 e. The van der Waals surface area contributed by atoms with Crippen LogP contribution in [0.2, 0.25) is 0 Å². The molecule has 0 saturated heterocycles. The average molecular weight is 1100 g/mol. The summed E-state index contributed by atoms with van der Waals surface area (Å²) in [6.07, 6.45) is 75.8. The third-order valence-corrected chi connectivity index (χ3v) is 14.2. The van der Waals surface area contributed by atoms with Gasteiger partial charge in [0.1, 0.15) is 13.2 Å². The quantitative estimate of drug-likeness (QED) is 0.0211. The summed E-state index contributed by atoms with van der Waals surface area (Å²) in [5, 5.41) is 9.72. The third kappa shape index (κ3) is 60.4. The van der Waals surface area contributed by atoms with Gasteiger partial charge >= 0.3 is 17.9 Å². The molecule has 0 fully saturated rings. The zero-order valence-electron chi connectivity index (χ0n) is 51.6. The second-order valence-electron chi connectivity index (χ2n) is 23.1. The van der Waals surface area contributed by atoms with Crippen molar-refractivity contribution in [3.8, 4) is 0 Å². The SMILES string of the molecule is CC/C=C\C/C=C\C/C=C\C/C=C\C/C=C\C/C=C\CCCCCCC(=O)OC(COC(=O)CCCCCCCCCCCCCCCCCCCCCCCCCCCCCCCC)COC(OCC[N+](C)(C)C)C(=O)O. The number of allylic oxidation sites excluding steroid dienone is 12. The van der Waals surface area contributed by atoms with Crippen molar-refractivity contribution in [2.24, 2.45) is 0 Å². The van der Waals surface area contributed by atoms with E-state index in [1.807, 2.05) is 21.1 Å². The number of quaternary nitrogens is 1. The zero-order chi connectivity index (χ0) is 56.9. The van der Waals surface area contributed by atoms with Crippen molar-refractivity contribution in [3.63, 3.8) is 0 Å². The Morgan fingerprint density at radius 1 is 0.397 bits per heavy atom. The number of ether oxygens (including phenoxy) is 4. The normalized spacial score (nSPS) is 13.2.